The molecule has 0 aliphatic carbocycles. The first-order valence-electron chi connectivity index (χ1n) is 10.5. The van der Waals surface area contributed by atoms with Gasteiger partial charge in [0.05, 0.1) is 13.1 Å². The van der Waals surface area contributed by atoms with Crippen molar-refractivity contribution in [3.63, 3.8) is 0 Å². The average Bonchev–Trinajstić information content (AvgIpc) is 2.55. The topological polar surface area (TPSA) is 105 Å². The fraction of sp³-hybridized carbons (Fsp3) is 0.889. The van der Waals surface area contributed by atoms with Gasteiger partial charge in [-0.2, -0.15) is 52.7 Å². The van der Waals surface area contributed by atoms with Crippen molar-refractivity contribution in [3.8, 4) is 0 Å². The molecule has 0 atom stereocenters. The summed E-state index contributed by atoms with van der Waals surface area (Å²) in [7, 11) is 0. The van der Waals surface area contributed by atoms with Gasteiger partial charge in [0, 0.05) is 63.2 Å². The molecule has 38 heavy (non-hydrogen) atoms. The minimum Gasteiger partial charge on any atom is -0.475 e. The minimum atomic E-state index is -5.08. The highest BCUT2D eigenvalue weighted by Crippen LogP contribution is 2.36. The van der Waals surface area contributed by atoms with Gasteiger partial charge in [0.15, 0.2) is 0 Å². The zero-order valence-corrected chi connectivity index (χ0v) is 19.2. The summed E-state index contributed by atoms with van der Waals surface area (Å²) >= 11 is 0. The van der Waals surface area contributed by atoms with Gasteiger partial charge in [-0.1, -0.05) is 0 Å². The summed E-state index contributed by atoms with van der Waals surface area (Å²) in [6, 6.07) is 0. The summed E-state index contributed by atoms with van der Waals surface area (Å²) in [6.07, 6.45) is -18.2. The van der Waals surface area contributed by atoms with Crippen LogP contribution in [0.2, 0.25) is 0 Å². The van der Waals surface area contributed by atoms with Crippen molar-refractivity contribution in [1.82, 2.24) is 20.4 Å². The Bertz CT molecular complexity index is 723. The van der Waals surface area contributed by atoms with Crippen LogP contribution in [0, 0.1) is 10.8 Å². The molecule has 4 rings (SSSR count). The van der Waals surface area contributed by atoms with Crippen LogP contribution in [0.4, 0.5) is 52.7 Å². The predicted octanol–water partition coefficient (Wildman–Crippen LogP) is 2.17. The molecule has 4 aliphatic heterocycles. The molecule has 0 aromatic carbocycles. The zero-order valence-electron chi connectivity index (χ0n) is 19.2. The predicted molar refractivity (Wildman–Crippen MR) is 103 cm³/mol. The van der Waals surface area contributed by atoms with Crippen LogP contribution in [0.3, 0.4) is 0 Å². The van der Waals surface area contributed by atoms with Crippen molar-refractivity contribution < 1.29 is 72.5 Å². The maximum absolute atomic E-state index is 11.8. The molecular formula is C18H24F12N4O4. The number of halogens is 12. The van der Waals surface area contributed by atoms with Crippen molar-refractivity contribution in [2.24, 2.45) is 10.8 Å². The third-order valence-corrected chi connectivity index (χ3v) is 5.53. The van der Waals surface area contributed by atoms with Gasteiger partial charge in [-0.3, -0.25) is 9.80 Å². The van der Waals surface area contributed by atoms with Crippen LogP contribution in [0.5, 0.6) is 0 Å². The summed E-state index contributed by atoms with van der Waals surface area (Å²) in [4.78, 5) is 20.7. The molecule has 20 heteroatoms. The summed E-state index contributed by atoms with van der Waals surface area (Å²) in [6.45, 7) is 4.52. The van der Waals surface area contributed by atoms with Crippen molar-refractivity contribution in [2.75, 3.05) is 65.4 Å². The number of carboxylic acid groups (broad SMARTS) is 2. The average molecular weight is 588 g/mol. The second-order valence-electron chi connectivity index (χ2n) is 9.33. The van der Waals surface area contributed by atoms with Crippen molar-refractivity contribution in [1.29, 1.82) is 0 Å². The lowest BCUT2D eigenvalue weighted by Gasteiger charge is -2.56. The van der Waals surface area contributed by atoms with E-state index in [1.807, 2.05) is 0 Å². The first kappa shape index (κ1) is 34.0. The number of carboxylic acids is 2. The molecule has 4 fully saturated rings. The van der Waals surface area contributed by atoms with Gasteiger partial charge in [0.25, 0.3) is 0 Å². The van der Waals surface area contributed by atoms with Crippen LogP contribution in [0.1, 0.15) is 0 Å². The highest BCUT2D eigenvalue weighted by Gasteiger charge is 2.51. The molecular weight excluding hydrogens is 564 g/mol. The van der Waals surface area contributed by atoms with Crippen LogP contribution in [-0.4, -0.2) is 122 Å². The standard InChI is InChI=1S/2C7H11F3N2.2C2HF3O2/c2*8-7(9,10)5-12-3-6(4-12)1-11-2-6;2*3-2(4,5)1(6)7/h2*11H,1-5H2;2*(H,6,7). The van der Waals surface area contributed by atoms with Gasteiger partial charge < -0.3 is 20.8 Å². The Kier molecular flexibility index (Phi) is 10.7. The van der Waals surface area contributed by atoms with Crippen molar-refractivity contribution in [3.05, 3.63) is 0 Å². The SMILES string of the molecule is FC(F)(F)CN1CC2(CNC2)C1.FC(F)(F)CN1CC2(CNC2)C1.O=C(O)C(F)(F)F.O=C(O)C(F)(F)F. The zero-order chi connectivity index (χ0) is 29.8. The van der Waals surface area contributed by atoms with E-state index in [1.165, 1.54) is 9.80 Å². The van der Waals surface area contributed by atoms with Crippen LogP contribution in [-0.2, 0) is 9.59 Å². The third kappa shape index (κ3) is 11.8. The number of alkyl halides is 12. The highest BCUT2D eigenvalue weighted by atomic mass is 19.4. The number of carbonyl (C=O) groups is 2. The first-order valence-corrected chi connectivity index (χ1v) is 10.5. The first-order chi connectivity index (χ1) is 16.9. The van der Waals surface area contributed by atoms with Gasteiger partial charge in [0.2, 0.25) is 0 Å². The molecule has 0 bridgehead atoms. The van der Waals surface area contributed by atoms with E-state index in [9.17, 15) is 52.7 Å². The van der Waals surface area contributed by atoms with Gasteiger partial charge >= 0.3 is 36.6 Å². The Hall–Kier alpha value is -2.06. The van der Waals surface area contributed by atoms with E-state index in [2.05, 4.69) is 10.6 Å². The summed E-state index contributed by atoms with van der Waals surface area (Å²) < 4.78 is 135. The number of nitrogens with zero attached hydrogens (tertiary/aromatic N) is 2. The van der Waals surface area contributed by atoms with Crippen molar-refractivity contribution in [2.45, 2.75) is 24.7 Å². The largest absolute Gasteiger partial charge is 0.490 e. The van der Waals surface area contributed by atoms with E-state index in [0.717, 1.165) is 26.2 Å². The van der Waals surface area contributed by atoms with E-state index in [1.54, 1.807) is 0 Å². The Labute approximate surface area is 206 Å². The Morgan fingerprint density at radius 3 is 0.895 bits per heavy atom. The fourth-order valence-electron chi connectivity index (χ4n) is 3.94. The monoisotopic (exact) mass is 588 g/mol. The van der Waals surface area contributed by atoms with Crippen molar-refractivity contribution >= 4 is 11.9 Å². The number of hydrogen-bond donors (Lipinski definition) is 4. The van der Waals surface area contributed by atoms with Gasteiger partial charge in [-0.05, 0) is 0 Å². The maximum atomic E-state index is 11.8. The third-order valence-electron chi connectivity index (χ3n) is 5.53. The number of likely N-dealkylation sites (tertiary alicyclic amines) is 2. The fourth-order valence-corrected chi connectivity index (χ4v) is 3.94. The highest BCUT2D eigenvalue weighted by molar-refractivity contribution is 5.73. The summed E-state index contributed by atoms with van der Waals surface area (Å²) in [5.74, 6) is -5.51. The molecule has 4 saturated heterocycles. The van der Waals surface area contributed by atoms with Gasteiger partial charge in [0.1, 0.15) is 0 Å². The molecule has 2 spiro atoms. The second-order valence-corrected chi connectivity index (χ2v) is 9.33. The van der Waals surface area contributed by atoms with E-state index in [-0.39, 0.29) is 10.8 Å². The quantitative estimate of drug-likeness (QED) is 0.364. The van der Waals surface area contributed by atoms with Gasteiger partial charge in [-0.25, -0.2) is 9.59 Å². The number of nitrogens with one attached hydrogen (secondary N) is 2. The van der Waals surface area contributed by atoms with Crippen LogP contribution >= 0.6 is 0 Å². The molecule has 0 aromatic rings. The molecule has 0 radical (unpaired) electrons. The Morgan fingerprint density at radius 1 is 0.579 bits per heavy atom. The second kappa shape index (κ2) is 12.0. The van der Waals surface area contributed by atoms with E-state index in [0.29, 0.717) is 26.2 Å². The molecule has 0 aromatic heterocycles. The van der Waals surface area contributed by atoms with Crippen LogP contribution in [0.25, 0.3) is 0 Å². The van der Waals surface area contributed by atoms with Crippen LogP contribution in [0.15, 0.2) is 0 Å². The molecule has 224 valence electrons. The summed E-state index contributed by atoms with van der Waals surface area (Å²) in [5, 5.41) is 20.4. The van der Waals surface area contributed by atoms with E-state index in [4.69, 9.17) is 19.8 Å². The summed E-state index contributed by atoms with van der Waals surface area (Å²) in [5.41, 5.74) is 0.399. The Morgan fingerprint density at radius 2 is 0.789 bits per heavy atom. The molecule has 0 unspecified atom stereocenters. The number of aliphatic carboxylic acids is 2. The molecule has 0 saturated carbocycles. The van der Waals surface area contributed by atoms with E-state index >= 15 is 0 Å². The Balaban J connectivity index is 0.000000264. The molecule has 0 amide bonds. The smallest absolute Gasteiger partial charge is 0.475 e. The number of rotatable bonds is 2. The minimum absolute atomic E-state index is 0.200. The number of hydrogen-bond acceptors (Lipinski definition) is 6. The lowest BCUT2D eigenvalue weighted by molar-refractivity contribution is -0.193. The molecule has 4 heterocycles. The normalized spacial score (nSPS) is 22.0. The molecule has 4 aliphatic rings. The van der Waals surface area contributed by atoms with E-state index < -0.39 is 49.7 Å². The lowest BCUT2D eigenvalue weighted by atomic mass is 9.74. The lowest BCUT2D eigenvalue weighted by Crippen LogP contribution is -2.71. The molecule has 8 nitrogen and oxygen atoms in total. The maximum Gasteiger partial charge on any atom is 0.490 e. The molecule has 4 N–H and O–H groups in total. The van der Waals surface area contributed by atoms with Gasteiger partial charge in [-0.15, -0.1) is 0 Å². The van der Waals surface area contributed by atoms with Crippen LogP contribution < -0.4 is 10.6 Å².